The highest BCUT2D eigenvalue weighted by molar-refractivity contribution is 6.37. The van der Waals surface area contributed by atoms with Crippen molar-refractivity contribution in [3.63, 3.8) is 0 Å². The Balaban J connectivity index is 1.41. The lowest BCUT2D eigenvalue weighted by molar-refractivity contribution is -0.135. The third kappa shape index (κ3) is 5.77. The monoisotopic (exact) mass is 599 g/mol. The maximum Gasteiger partial charge on any atom is 0.337 e. The Bertz CT molecular complexity index is 1680. The molecule has 1 aliphatic heterocycles. The highest BCUT2D eigenvalue weighted by Crippen LogP contribution is 2.27. The van der Waals surface area contributed by atoms with Gasteiger partial charge in [-0.3, -0.25) is 14.2 Å². The second kappa shape index (κ2) is 12.3. The van der Waals surface area contributed by atoms with Crippen molar-refractivity contribution in [2.24, 2.45) is 0 Å². The zero-order chi connectivity index (χ0) is 29.1. The van der Waals surface area contributed by atoms with Crippen molar-refractivity contribution in [2.75, 3.05) is 56.7 Å². The molecule has 3 heterocycles. The van der Waals surface area contributed by atoms with Crippen molar-refractivity contribution in [3.8, 4) is 5.69 Å². The maximum absolute atomic E-state index is 13.4. The van der Waals surface area contributed by atoms with Crippen LogP contribution in [-0.2, 0) is 16.1 Å². The van der Waals surface area contributed by atoms with Gasteiger partial charge >= 0.3 is 5.69 Å². The summed E-state index contributed by atoms with van der Waals surface area (Å²) in [6.07, 6.45) is 1.32. The molecule has 2 aromatic heterocycles. The molecule has 2 aromatic carbocycles. The van der Waals surface area contributed by atoms with Crippen molar-refractivity contribution >= 4 is 57.5 Å². The van der Waals surface area contributed by atoms with Gasteiger partial charge in [-0.05, 0) is 36.4 Å². The van der Waals surface area contributed by atoms with Crippen LogP contribution in [0.5, 0.6) is 0 Å². The third-order valence-electron chi connectivity index (χ3n) is 6.75. The van der Waals surface area contributed by atoms with Gasteiger partial charge in [0.25, 0.3) is 5.56 Å². The van der Waals surface area contributed by atoms with E-state index in [4.69, 9.17) is 27.9 Å². The number of piperazine rings is 1. The lowest BCUT2D eigenvalue weighted by Gasteiger charge is -2.36. The lowest BCUT2D eigenvalue weighted by Crippen LogP contribution is -2.49. The molecule has 0 unspecified atom stereocenters. The summed E-state index contributed by atoms with van der Waals surface area (Å²) in [7, 11) is 1.51. The molecule has 0 radical (unpaired) electrons. The number of hydrogen-bond acceptors (Lipinski definition) is 9. The SMILES string of the molecule is COCC(=O)N1CCN(c2ccc(Nc3ncc4c(=O)n(-c5c(Cl)cccc5Cl)c(=O)n(CCO)c4n3)cc2)CC1. The van der Waals surface area contributed by atoms with Crippen LogP contribution in [0.3, 0.4) is 0 Å². The molecule has 0 spiro atoms. The predicted octanol–water partition coefficient (Wildman–Crippen LogP) is 2.28. The number of carbonyl (C=O) groups excluding carboxylic acids is 1. The van der Waals surface area contributed by atoms with E-state index in [-0.39, 0.29) is 58.4 Å². The minimum absolute atomic E-state index is 0.0157. The van der Waals surface area contributed by atoms with E-state index in [0.29, 0.717) is 31.9 Å². The number of carbonyl (C=O) groups is 1. The van der Waals surface area contributed by atoms with E-state index in [0.717, 1.165) is 10.3 Å². The van der Waals surface area contributed by atoms with Gasteiger partial charge in [-0.25, -0.2) is 14.3 Å². The Labute approximate surface area is 244 Å². The molecule has 1 amide bonds. The molecule has 0 aliphatic carbocycles. The Hall–Kier alpha value is -3.97. The smallest absolute Gasteiger partial charge is 0.337 e. The van der Waals surface area contributed by atoms with Gasteiger partial charge in [0.1, 0.15) is 12.0 Å². The predicted molar refractivity (Wildman–Crippen MR) is 157 cm³/mol. The Morgan fingerprint density at radius 3 is 2.37 bits per heavy atom. The van der Waals surface area contributed by atoms with Gasteiger partial charge in [0.2, 0.25) is 11.9 Å². The number of para-hydroxylation sites is 1. The van der Waals surface area contributed by atoms with Crippen LogP contribution in [0, 0.1) is 0 Å². The number of anilines is 3. The summed E-state index contributed by atoms with van der Waals surface area (Å²) in [5.74, 6) is 0.146. The van der Waals surface area contributed by atoms with E-state index in [1.54, 1.807) is 11.0 Å². The maximum atomic E-state index is 13.4. The van der Waals surface area contributed by atoms with E-state index < -0.39 is 11.2 Å². The number of halogens is 2. The standard InChI is InChI=1S/C27H27Cl2N7O5/c1-41-16-22(38)34-11-9-33(10-12-34)18-7-5-17(6-8-18)31-26-30-15-19-24(32-26)35(13-14-37)27(40)36(25(19)39)23-20(28)3-2-4-21(23)29/h2-8,15,37H,9-14,16H2,1H3,(H,30,31,32). The third-order valence-corrected chi connectivity index (χ3v) is 7.36. The number of aliphatic hydroxyl groups excluding tert-OH is 1. The normalized spacial score (nSPS) is 13.6. The van der Waals surface area contributed by atoms with Crippen molar-refractivity contribution in [1.29, 1.82) is 0 Å². The van der Waals surface area contributed by atoms with Gasteiger partial charge in [-0.1, -0.05) is 29.3 Å². The number of ether oxygens (including phenoxy) is 1. The molecule has 12 nitrogen and oxygen atoms in total. The molecule has 1 saturated heterocycles. The Morgan fingerprint density at radius 2 is 1.73 bits per heavy atom. The first-order valence-corrected chi connectivity index (χ1v) is 13.5. The molecular weight excluding hydrogens is 573 g/mol. The number of fused-ring (bicyclic) bond motifs is 1. The number of nitrogens with zero attached hydrogens (tertiary/aromatic N) is 6. The number of nitrogens with one attached hydrogen (secondary N) is 1. The van der Waals surface area contributed by atoms with Gasteiger partial charge in [0, 0.05) is 50.9 Å². The Kier molecular flexibility index (Phi) is 8.54. The minimum atomic E-state index is -0.746. The molecule has 2 N–H and O–H groups in total. The van der Waals surface area contributed by atoms with Crippen molar-refractivity contribution in [1.82, 2.24) is 24.0 Å². The number of aliphatic hydroxyl groups is 1. The van der Waals surface area contributed by atoms with Crippen LogP contribution >= 0.6 is 23.2 Å². The minimum Gasteiger partial charge on any atom is -0.395 e. The van der Waals surface area contributed by atoms with Gasteiger partial charge in [-0.2, -0.15) is 4.98 Å². The Morgan fingerprint density at radius 1 is 1.05 bits per heavy atom. The number of benzene rings is 2. The van der Waals surface area contributed by atoms with Gasteiger partial charge in [0.05, 0.1) is 28.9 Å². The largest absolute Gasteiger partial charge is 0.395 e. The molecule has 14 heteroatoms. The summed E-state index contributed by atoms with van der Waals surface area (Å²) < 4.78 is 6.99. The average molecular weight is 600 g/mol. The number of hydrogen-bond donors (Lipinski definition) is 2. The van der Waals surface area contributed by atoms with E-state index in [1.807, 2.05) is 24.3 Å². The first kappa shape index (κ1) is 28.6. The second-order valence-corrected chi connectivity index (χ2v) is 10.1. The molecule has 41 heavy (non-hydrogen) atoms. The summed E-state index contributed by atoms with van der Waals surface area (Å²) in [5.41, 5.74) is 0.366. The quantitative estimate of drug-likeness (QED) is 0.312. The fraction of sp³-hybridized carbons (Fsp3) is 0.296. The van der Waals surface area contributed by atoms with Gasteiger partial charge in [0.15, 0.2) is 5.65 Å². The van der Waals surface area contributed by atoms with Gasteiger partial charge < -0.3 is 25.0 Å². The van der Waals surface area contributed by atoms with Crippen molar-refractivity contribution < 1.29 is 14.6 Å². The number of amides is 1. The first-order valence-electron chi connectivity index (χ1n) is 12.8. The molecule has 1 aliphatic rings. The fourth-order valence-electron chi connectivity index (χ4n) is 4.72. The van der Waals surface area contributed by atoms with Crippen LogP contribution in [0.4, 0.5) is 17.3 Å². The van der Waals surface area contributed by atoms with Crippen LogP contribution in [-0.4, -0.2) is 81.5 Å². The first-order chi connectivity index (χ1) is 19.8. The van der Waals surface area contributed by atoms with E-state index in [2.05, 4.69) is 20.2 Å². The van der Waals surface area contributed by atoms with Crippen molar-refractivity contribution in [3.05, 3.63) is 79.5 Å². The van der Waals surface area contributed by atoms with E-state index in [1.165, 1.54) is 30.0 Å². The van der Waals surface area contributed by atoms with Crippen LogP contribution in [0.2, 0.25) is 10.0 Å². The zero-order valence-electron chi connectivity index (χ0n) is 22.1. The zero-order valence-corrected chi connectivity index (χ0v) is 23.6. The highest BCUT2D eigenvalue weighted by atomic mass is 35.5. The number of methoxy groups -OCH3 is 1. The van der Waals surface area contributed by atoms with Crippen LogP contribution < -0.4 is 21.5 Å². The summed E-state index contributed by atoms with van der Waals surface area (Å²) in [6, 6.07) is 12.3. The molecule has 214 valence electrons. The van der Waals surface area contributed by atoms with E-state index >= 15 is 0 Å². The molecule has 5 rings (SSSR count). The van der Waals surface area contributed by atoms with Crippen LogP contribution in [0.25, 0.3) is 16.7 Å². The molecule has 0 saturated carbocycles. The van der Waals surface area contributed by atoms with Crippen molar-refractivity contribution in [2.45, 2.75) is 6.54 Å². The summed E-state index contributed by atoms with van der Waals surface area (Å²) in [5, 5.41) is 13.1. The molecule has 1 fully saturated rings. The topological polar surface area (TPSA) is 135 Å². The number of rotatable bonds is 8. The molecule has 0 atom stereocenters. The summed E-state index contributed by atoms with van der Waals surface area (Å²) in [4.78, 5) is 51.6. The second-order valence-electron chi connectivity index (χ2n) is 9.27. The lowest BCUT2D eigenvalue weighted by atomic mass is 10.2. The van der Waals surface area contributed by atoms with Crippen LogP contribution in [0.1, 0.15) is 0 Å². The molecule has 4 aromatic rings. The van der Waals surface area contributed by atoms with E-state index in [9.17, 15) is 19.5 Å². The summed E-state index contributed by atoms with van der Waals surface area (Å²) in [6.45, 7) is 2.24. The molecular formula is C27H27Cl2N7O5. The number of aromatic nitrogens is 4. The average Bonchev–Trinajstić information content (AvgIpc) is 2.97. The van der Waals surface area contributed by atoms with Crippen LogP contribution in [0.15, 0.2) is 58.3 Å². The fourth-order valence-corrected chi connectivity index (χ4v) is 5.29. The molecule has 0 bridgehead atoms. The van der Waals surface area contributed by atoms with Gasteiger partial charge in [-0.15, -0.1) is 0 Å². The highest BCUT2D eigenvalue weighted by Gasteiger charge is 2.22. The summed E-state index contributed by atoms with van der Waals surface area (Å²) >= 11 is 12.6.